The molecule has 0 bridgehead atoms. The van der Waals surface area contributed by atoms with Crippen LogP contribution in [-0.4, -0.2) is 36.3 Å². The molecule has 0 heterocycles. The summed E-state index contributed by atoms with van der Waals surface area (Å²) in [5.74, 6) is -1.05. The van der Waals surface area contributed by atoms with Gasteiger partial charge in [0.25, 0.3) is 5.91 Å². The number of rotatable bonds is 6. The lowest BCUT2D eigenvalue weighted by atomic mass is 10.1. The summed E-state index contributed by atoms with van der Waals surface area (Å²) in [7, 11) is 0. The van der Waals surface area contributed by atoms with E-state index in [1.54, 1.807) is 17.9 Å². The van der Waals surface area contributed by atoms with Crippen molar-refractivity contribution >= 4 is 11.8 Å². The Labute approximate surface area is 119 Å². The average molecular weight is 280 g/mol. The molecule has 0 saturated heterocycles. The first-order chi connectivity index (χ1) is 9.49. The van der Waals surface area contributed by atoms with Crippen molar-refractivity contribution in [2.75, 3.05) is 19.6 Å². The van der Waals surface area contributed by atoms with E-state index in [2.05, 4.69) is 5.32 Å². The fraction of sp³-hybridized carbons (Fsp3) is 0.467. The summed E-state index contributed by atoms with van der Waals surface area (Å²) in [6.45, 7) is 7.07. The first-order valence-corrected chi connectivity index (χ1v) is 6.81. The molecule has 0 fully saturated rings. The van der Waals surface area contributed by atoms with Gasteiger partial charge < -0.3 is 10.2 Å². The minimum absolute atomic E-state index is 0.00545. The summed E-state index contributed by atoms with van der Waals surface area (Å²) in [6, 6.07) is 4.45. The van der Waals surface area contributed by atoms with Crippen molar-refractivity contribution in [3.05, 3.63) is 35.1 Å². The van der Waals surface area contributed by atoms with Gasteiger partial charge in [0.2, 0.25) is 5.91 Å². The van der Waals surface area contributed by atoms with Crippen molar-refractivity contribution in [2.45, 2.75) is 27.2 Å². The quantitative estimate of drug-likeness (QED) is 0.867. The molecule has 1 aromatic carbocycles. The lowest BCUT2D eigenvalue weighted by Gasteiger charge is -2.18. The fourth-order valence-corrected chi connectivity index (χ4v) is 1.92. The zero-order valence-corrected chi connectivity index (χ0v) is 12.2. The monoisotopic (exact) mass is 280 g/mol. The molecule has 0 radical (unpaired) electrons. The van der Waals surface area contributed by atoms with Crippen LogP contribution in [0.3, 0.4) is 0 Å². The summed E-state index contributed by atoms with van der Waals surface area (Å²) >= 11 is 0. The average Bonchev–Trinajstić information content (AvgIpc) is 2.39. The van der Waals surface area contributed by atoms with Gasteiger partial charge in [-0.1, -0.05) is 6.07 Å². The number of hydrogen-bond acceptors (Lipinski definition) is 2. The van der Waals surface area contributed by atoms with Crippen molar-refractivity contribution in [1.29, 1.82) is 0 Å². The predicted molar refractivity (Wildman–Crippen MR) is 76.0 cm³/mol. The Bertz CT molecular complexity index is 485. The second kappa shape index (κ2) is 7.62. The van der Waals surface area contributed by atoms with Crippen LogP contribution >= 0.6 is 0 Å². The molecular weight excluding hydrogens is 259 g/mol. The molecule has 1 aromatic rings. The second-order valence-electron chi connectivity index (χ2n) is 4.56. The number of nitrogens with one attached hydrogen (secondary N) is 1. The summed E-state index contributed by atoms with van der Waals surface area (Å²) < 4.78 is 13.6. The van der Waals surface area contributed by atoms with E-state index in [1.807, 2.05) is 13.8 Å². The molecule has 1 rings (SSSR count). The Hall–Kier alpha value is -1.91. The van der Waals surface area contributed by atoms with E-state index in [9.17, 15) is 14.0 Å². The second-order valence-corrected chi connectivity index (χ2v) is 4.56. The molecule has 0 atom stereocenters. The summed E-state index contributed by atoms with van der Waals surface area (Å²) in [6.07, 6.45) is 0.223. The third-order valence-electron chi connectivity index (χ3n) is 3.11. The Morgan fingerprint density at radius 2 is 1.90 bits per heavy atom. The maximum atomic E-state index is 13.6. The number of halogens is 1. The van der Waals surface area contributed by atoms with Gasteiger partial charge in [0.1, 0.15) is 5.82 Å². The van der Waals surface area contributed by atoms with E-state index >= 15 is 0 Å². The van der Waals surface area contributed by atoms with Crippen LogP contribution < -0.4 is 5.32 Å². The van der Waals surface area contributed by atoms with Gasteiger partial charge in [-0.2, -0.15) is 0 Å². The van der Waals surface area contributed by atoms with Gasteiger partial charge in [-0.3, -0.25) is 9.59 Å². The van der Waals surface area contributed by atoms with Crippen molar-refractivity contribution in [3.8, 4) is 0 Å². The maximum absolute atomic E-state index is 13.6. The van der Waals surface area contributed by atoms with Gasteiger partial charge >= 0.3 is 0 Å². The van der Waals surface area contributed by atoms with Crippen LogP contribution in [0.4, 0.5) is 4.39 Å². The van der Waals surface area contributed by atoms with Crippen molar-refractivity contribution in [2.24, 2.45) is 0 Å². The van der Waals surface area contributed by atoms with Crippen LogP contribution in [0, 0.1) is 12.7 Å². The maximum Gasteiger partial charge on any atom is 0.254 e. The van der Waals surface area contributed by atoms with Gasteiger partial charge in [0.15, 0.2) is 0 Å². The third-order valence-corrected chi connectivity index (χ3v) is 3.11. The summed E-state index contributed by atoms with van der Waals surface area (Å²) in [4.78, 5) is 25.2. The number of aryl methyl sites for hydroxylation is 1. The first-order valence-electron chi connectivity index (χ1n) is 6.81. The predicted octanol–water partition coefficient (Wildman–Crippen LogP) is 2.12. The number of amides is 2. The van der Waals surface area contributed by atoms with Crippen molar-refractivity contribution in [3.63, 3.8) is 0 Å². The Kier molecular flexibility index (Phi) is 6.15. The molecule has 0 spiro atoms. The first kappa shape index (κ1) is 16.1. The lowest BCUT2D eigenvalue weighted by Crippen LogP contribution is -2.34. The van der Waals surface area contributed by atoms with Crippen LogP contribution in [-0.2, 0) is 4.79 Å². The molecule has 20 heavy (non-hydrogen) atoms. The smallest absolute Gasteiger partial charge is 0.254 e. The Balaban J connectivity index is 2.50. The molecule has 0 aliphatic heterocycles. The van der Waals surface area contributed by atoms with E-state index in [0.717, 1.165) is 5.56 Å². The highest BCUT2D eigenvalue weighted by Crippen LogP contribution is 2.09. The third kappa shape index (κ3) is 4.33. The van der Waals surface area contributed by atoms with Crippen molar-refractivity contribution < 1.29 is 14.0 Å². The zero-order valence-electron chi connectivity index (χ0n) is 12.2. The fourth-order valence-electron chi connectivity index (χ4n) is 1.92. The molecule has 0 unspecified atom stereocenters. The zero-order chi connectivity index (χ0) is 15.1. The van der Waals surface area contributed by atoms with E-state index in [1.165, 1.54) is 12.1 Å². The molecule has 0 aliphatic carbocycles. The molecule has 2 amide bonds. The number of hydrogen-bond donors (Lipinski definition) is 1. The van der Waals surface area contributed by atoms with E-state index in [0.29, 0.717) is 13.1 Å². The normalized spacial score (nSPS) is 10.2. The lowest BCUT2D eigenvalue weighted by molar-refractivity contribution is -0.130. The largest absolute Gasteiger partial charge is 0.351 e. The van der Waals surface area contributed by atoms with Gasteiger partial charge in [-0.25, -0.2) is 4.39 Å². The number of benzene rings is 1. The molecule has 110 valence electrons. The van der Waals surface area contributed by atoms with Gasteiger partial charge in [0, 0.05) is 26.1 Å². The van der Waals surface area contributed by atoms with E-state index in [-0.39, 0.29) is 24.4 Å². The Morgan fingerprint density at radius 3 is 2.45 bits per heavy atom. The number of carbonyl (C=O) groups excluding carboxylic acids is 2. The molecule has 0 saturated carbocycles. The van der Waals surface area contributed by atoms with E-state index < -0.39 is 11.7 Å². The van der Waals surface area contributed by atoms with Crippen molar-refractivity contribution in [1.82, 2.24) is 10.2 Å². The highest BCUT2D eigenvalue weighted by atomic mass is 19.1. The molecule has 4 nitrogen and oxygen atoms in total. The van der Waals surface area contributed by atoms with Crippen LogP contribution in [0.2, 0.25) is 0 Å². The highest BCUT2D eigenvalue weighted by Gasteiger charge is 2.13. The van der Waals surface area contributed by atoms with Crippen LogP contribution in [0.15, 0.2) is 18.2 Å². The number of nitrogens with zero attached hydrogens (tertiary/aromatic N) is 1. The minimum atomic E-state index is -0.544. The van der Waals surface area contributed by atoms with Crippen LogP contribution in [0.25, 0.3) is 0 Å². The standard InChI is InChI=1S/C15H21FN2O2/c1-4-18(5-2)14(19)8-9-17-15(20)12-7-6-11(3)10-13(12)16/h6-7,10H,4-5,8-9H2,1-3H3,(H,17,20). The SMILES string of the molecule is CCN(CC)C(=O)CCNC(=O)c1ccc(C)cc1F. The van der Waals surface area contributed by atoms with E-state index in [4.69, 9.17) is 0 Å². The molecule has 0 aromatic heterocycles. The number of carbonyl (C=O) groups is 2. The summed E-state index contributed by atoms with van der Waals surface area (Å²) in [5.41, 5.74) is 0.765. The minimum Gasteiger partial charge on any atom is -0.351 e. The topological polar surface area (TPSA) is 49.4 Å². The van der Waals surface area contributed by atoms with Gasteiger partial charge in [-0.15, -0.1) is 0 Å². The molecule has 1 N–H and O–H groups in total. The molecule has 0 aliphatic rings. The molecular formula is C15H21FN2O2. The van der Waals surface area contributed by atoms with Crippen LogP contribution in [0.1, 0.15) is 36.2 Å². The van der Waals surface area contributed by atoms with Crippen LogP contribution in [0.5, 0.6) is 0 Å². The van der Waals surface area contributed by atoms with Gasteiger partial charge in [0.05, 0.1) is 5.56 Å². The summed E-state index contributed by atoms with van der Waals surface area (Å²) in [5, 5.41) is 2.57. The highest BCUT2D eigenvalue weighted by molar-refractivity contribution is 5.94. The molecule has 5 heteroatoms. The van der Waals surface area contributed by atoms with Gasteiger partial charge in [-0.05, 0) is 38.5 Å². The Morgan fingerprint density at radius 1 is 1.25 bits per heavy atom.